The molecule has 0 fully saturated rings. The normalized spacial score (nSPS) is 13.0. The van der Waals surface area contributed by atoms with Crippen molar-refractivity contribution >= 4 is 33.3 Å². The quantitative estimate of drug-likeness (QED) is 0.227. The second-order valence-corrected chi connectivity index (χ2v) is 12.7. The molecule has 2 N–H and O–H groups in total. The van der Waals surface area contributed by atoms with Crippen molar-refractivity contribution in [2.45, 2.75) is 58.3 Å². The third kappa shape index (κ3) is 9.18. The molecule has 0 spiro atoms. The second kappa shape index (κ2) is 14.4. The summed E-state index contributed by atoms with van der Waals surface area (Å²) in [5, 5.41) is 12.8. The molecule has 3 rings (SSSR count). The largest absolute Gasteiger partial charge is 0.480 e. The van der Waals surface area contributed by atoms with Crippen LogP contribution in [0, 0.1) is 6.92 Å². The summed E-state index contributed by atoms with van der Waals surface area (Å²) in [6, 6.07) is 19.3. The molecular formula is C31H36ClNO6S. The highest BCUT2D eigenvalue weighted by molar-refractivity contribution is 7.90. The van der Waals surface area contributed by atoms with Crippen LogP contribution in [0.5, 0.6) is 0 Å². The molecule has 0 aromatic heterocycles. The molecule has 0 unspecified atom stereocenters. The van der Waals surface area contributed by atoms with Gasteiger partial charge in [-0.1, -0.05) is 73.8 Å². The minimum absolute atomic E-state index is 0.144. The number of ether oxygens (including phenoxy) is 1. The van der Waals surface area contributed by atoms with Gasteiger partial charge in [0, 0.05) is 16.8 Å². The number of benzene rings is 3. The van der Waals surface area contributed by atoms with Crippen molar-refractivity contribution in [3.63, 3.8) is 0 Å². The molecule has 3 aromatic rings. The van der Waals surface area contributed by atoms with Gasteiger partial charge in [-0.2, -0.15) is 0 Å². The van der Waals surface area contributed by atoms with Gasteiger partial charge in [0.25, 0.3) is 5.91 Å². The molecule has 0 aliphatic rings. The Bertz CT molecular complexity index is 1440. The second-order valence-electron chi connectivity index (χ2n) is 9.97. The Morgan fingerprint density at radius 2 is 1.75 bits per heavy atom. The van der Waals surface area contributed by atoms with Gasteiger partial charge in [-0.3, -0.25) is 4.79 Å². The summed E-state index contributed by atoms with van der Waals surface area (Å²) in [6.07, 6.45) is 3.53. The number of hydrogen-bond donors (Lipinski definition) is 2. The zero-order valence-corrected chi connectivity index (χ0v) is 24.6. The summed E-state index contributed by atoms with van der Waals surface area (Å²) in [7, 11) is -3.39. The maximum absolute atomic E-state index is 13.3. The van der Waals surface area contributed by atoms with Gasteiger partial charge < -0.3 is 15.2 Å². The van der Waals surface area contributed by atoms with Crippen molar-refractivity contribution in [1.82, 2.24) is 5.32 Å². The Morgan fingerprint density at radius 1 is 1.00 bits per heavy atom. The van der Waals surface area contributed by atoms with Crippen LogP contribution in [0.4, 0.5) is 0 Å². The Hall–Kier alpha value is -3.20. The monoisotopic (exact) mass is 585 g/mol. The van der Waals surface area contributed by atoms with E-state index in [9.17, 15) is 23.1 Å². The van der Waals surface area contributed by atoms with Crippen LogP contribution < -0.4 is 5.32 Å². The molecule has 0 radical (unpaired) electrons. The molecule has 9 heteroatoms. The van der Waals surface area contributed by atoms with E-state index in [1.54, 1.807) is 12.1 Å². The summed E-state index contributed by atoms with van der Waals surface area (Å²) >= 11 is 6.23. The van der Waals surface area contributed by atoms with E-state index in [2.05, 4.69) is 12.2 Å². The number of carbonyl (C=O) groups excluding carboxylic acids is 1. The van der Waals surface area contributed by atoms with E-state index in [-0.39, 0.29) is 18.3 Å². The predicted molar refractivity (Wildman–Crippen MR) is 158 cm³/mol. The number of carbonyl (C=O) groups is 2. The van der Waals surface area contributed by atoms with Crippen LogP contribution >= 0.6 is 11.6 Å². The van der Waals surface area contributed by atoms with Crippen LogP contribution in [-0.4, -0.2) is 43.5 Å². The summed E-state index contributed by atoms with van der Waals surface area (Å²) in [5.41, 5.74) is 4.56. The molecule has 2 atom stereocenters. The van der Waals surface area contributed by atoms with Crippen LogP contribution in [0.25, 0.3) is 11.1 Å². The van der Waals surface area contributed by atoms with Crippen molar-refractivity contribution in [3.8, 4) is 11.1 Å². The van der Waals surface area contributed by atoms with E-state index in [0.29, 0.717) is 22.8 Å². The maximum Gasteiger partial charge on any atom is 0.326 e. The van der Waals surface area contributed by atoms with E-state index in [1.807, 2.05) is 61.5 Å². The van der Waals surface area contributed by atoms with Gasteiger partial charge >= 0.3 is 5.97 Å². The van der Waals surface area contributed by atoms with E-state index < -0.39 is 27.8 Å². The number of nitrogens with one attached hydrogen (secondary N) is 1. The fourth-order valence-corrected chi connectivity index (χ4v) is 5.30. The summed E-state index contributed by atoms with van der Waals surface area (Å²) < 4.78 is 29.5. The lowest BCUT2D eigenvalue weighted by Gasteiger charge is -2.20. The lowest BCUT2D eigenvalue weighted by Crippen LogP contribution is -2.42. The average Bonchev–Trinajstić information content (AvgIpc) is 2.90. The lowest BCUT2D eigenvalue weighted by molar-refractivity contribution is -0.139. The van der Waals surface area contributed by atoms with Crippen molar-refractivity contribution in [2.24, 2.45) is 0 Å². The standard InChI is InChI=1S/C31H36ClNO6S/c1-4-5-13-29(23-10-8-11-24(32)19-23)39-20-22-14-15-26(27(18-22)25-12-7-6-9-21(25)2)30(34)33-28(31(35)36)16-17-40(3,37)38/h6-12,14-15,18-19,28-29H,4-5,13,16-17,20H2,1-3H3,(H,33,34)(H,35,36)/t28-,29+/m0/s1. The molecule has 7 nitrogen and oxygen atoms in total. The van der Waals surface area contributed by atoms with Crippen molar-refractivity contribution < 1.29 is 27.9 Å². The van der Waals surface area contributed by atoms with Gasteiger partial charge in [0.2, 0.25) is 0 Å². The number of rotatable bonds is 14. The van der Waals surface area contributed by atoms with Gasteiger partial charge in [-0.25, -0.2) is 13.2 Å². The summed E-state index contributed by atoms with van der Waals surface area (Å²) in [5.74, 6) is -2.23. The van der Waals surface area contributed by atoms with Crippen LogP contribution in [0.2, 0.25) is 5.02 Å². The Balaban J connectivity index is 1.91. The third-order valence-corrected chi connectivity index (χ3v) is 7.85. The summed E-state index contributed by atoms with van der Waals surface area (Å²) in [6.45, 7) is 4.36. The minimum atomic E-state index is -3.39. The highest BCUT2D eigenvalue weighted by Crippen LogP contribution is 2.31. The van der Waals surface area contributed by atoms with E-state index >= 15 is 0 Å². The molecule has 214 valence electrons. The van der Waals surface area contributed by atoms with Crippen molar-refractivity contribution in [1.29, 1.82) is 0 Å². The molecule has 1 amide bonds. The molecule has 0 aliphatic heterocycles. The van der Waals surface area contributed by atoms with Crippen LogP contribution in [-0.2, 0) is 26.0 Å². The topological polar surface area (TPSA) is 110 Å². The predicted octanol–water partition coefficient (Wildman–Crippen LogP) is 6.38. The fraction of sp³-hybridized carbons (Fsp3) is 0.355. The lowest BCUT2D eigenvalue weighted by atomic mass is 9.93. The number of carboxylic acids is 1. The molecule has 0 saturated heterocycles. The molecule has 0 aliphatic carbocycles. The number of carboxylic acid groups (broad SMARTS) is 1. The third-order valence-electron chi connectivity index (χ3n) is 6.64. The zero-order chi connectivity index (χ0) is 29.3. The fourth-order valence-electron chi connectivity index (χ4n) is 4.44. The first-order chi connectivity index (χ1) is 19.0. The smallest absolute Gasteiger partial charge is 0.326 e. The number of halogens is 1. The minimum Gasteiger partial charge on any atom is -0.480 e. The average molecular weight is 586 g/mol. The van der Waals surface area contributed by atoms with Crippen LogP contribution in [0.15, 0.2) is 66.7 Å². The van der Waals surface area contributed by atoms with Crippen molar-refractivity contribution in [3.05, 3.63) is 94.0 Å². The molecule has 0 saturated carbocycles. The van der Waals surface area contributed by atoms with Gasteiger partial charge in [0.05, 0.1) is 18.5 Å². The zero-order valence-electron chi connectivity index (χ0n) is 23.0. The van der Waals surface area contributed by atoms with Crippen LogP contribution in [0.3, 0.4) is 0 Å². The SMILES string of the molecule is CCCC[C@@H](OCc1ccc(C(=O)N[C@@H](CCS(C)(=O)=O)C(=O)O)c(-c2ccccc2C)c1)c1cccc(Cl)c1. The number of aryl methyl sites for hydroxylation is 1. The Morgan fingerprint density at radius 3 is 2.40 bits per heavy atom. The molecule has 3 aromatic carbocycles. The van der Waals surface area contributed by atoms with Crippen LogP contribution in [0.1, 0.15) is 65.8 Å². The molecule has 0 heterocycles. The van der Waals surface area contributed by atoms with Gasteiger partial charge in [0.1, 0.15) is 15.9 Å². The number of amides is 1. The number of aliphatic carboxylic acids is 1. The van der Waals surface area contributed by atoms with Gasteiger partial charge in [0.15, 0.2) is 0 Å². The highest BCUT2D eigenvalue weighted by Gasteiger charge is 2.24. The maximum atomic E-state index is 13.3. The molecular weight excluding hydrogens is 550 g/mol. The first-order valence-electron chi connectivity index (χ1n) is 13.3. The Labute approximate surface area is 241 Å². The number of sulfone groups is 1. The molecule has 0 bridgehead atoms. The van der Waals surface area contributed by atoms with E-state index in [0.717, 1.165) is 47.8 Å². The molecule has 40 heavy (non-hydrogen) atoms. The van der Waals surface area contributed by atoms with E-state index in [4.69, 9.17) is 16.3 Å². The van der Waals surface area contributed by atoms with Gasteiger partial charge in [-0.05, 0) is 71.8 Å². The first-order valence-corrected chi connectivity index (χ1v) is 15.7. The van der Waals surface area contributed by atoms with Crippen molar-refractivity contribution in [2.75, 3.05) is 12.0 Å². The Kier molecular flexibility index (Phi) is 11.3. The number of unbranched alkanes of at least 4 members (excludes halogenated alkanes) is 1. The number of hydrogen-bond acceptors (Lipinski definition) is 5. The summed E-state index contributed by atoms with van der Waals surface area (Å²) in [4.78, 5) is 25.1. The first kappa shape index (κ1) is 31.3. The van der Waals surface area contributed by atoms with E-state index in [1.165, 1.54) is 0 Å². The highest BCUT2D eigenvalue weighted by atomic mass is 35.5. The van der Waals surface area contributed by atoms with Gasteiger partial charge in [-0.15, -0.1) is 0 Å².